The number of rotatable bonds is 10. The molecule has 0 amide bonds. The lowest BCUT2D eigenvalue weighted by molar-refractivity contribution is -0.384. The van der Waals surface area contributed by atoms with Crippen LogP contribution in [0, 0.1) is 22.0 Å². The number of piperidine rings is 1. The van der Waals surface area contributed by atoms with Gasteiger partial charge in [-0.05, 0) is 89.6 Å². The van der Waals surface area contributed by atoms with Crippen molar-refractivity contribution >= 4 is 34.0 Å². The molecule has 0 aromatic heterocycles. The summed E-state index contributed by atoms with van der Waals surface area (Å²) in [4.78, 5) is 15.9. The van der Waals surface area contributed by atoms with Crippen molar-refractivity contribution < 1.29 is 23.9 Å². The van der Waals surface area contributed by atoms with Crippen LogP contribution in [0.25, 0.3) is 0 Å². The van der Waals surface area contributed by atoms with Crippen LogP contribution in [0.5, 0.6) is 23.0 Å². The number of benzene rings is 3. The molecule has 3 aliphatic heterocycles. The lowest BCUT2D eigenvalue weighted by atomic mass is 9.72. The summed E-state index contributed by atoms with van der Waals surface area (Å²) in [6, 6.07) is 15.9. The second kappa shape index (κ2) is 14.9. The molecule has 48 heavy (non-hydrogen) atoms. The Kier molecular flexibility index (Phi) is 10.7. The molecule has 4 atom stereocenters. The molecule has 3 aromatic rings. The van der Waals surface area contributed by atoms with Crippen LogP contribution in [-0.4, -0.2) is 67.1 Å². The highest BCUT2D eigenvalue weighted by molar-refractivity contribution is 8.22. The van der Waals surface area contributed by atoms with Crippen LogP contribution in [0.2, 0.25) is 0 Å². The van der Waals surface area contributed by atoms with E-state index in [1.807, 2.05) is 12.1 Å². The molecule has 3 aromatic carbocycles. The summed E-state index contributed by atoms with van der Waals surface area (Å²) < 4.78 is 23.8. The molecule has 9 nitrogen and oxygen atoms in total. The number of nitro groups is 1. The van der Waals surface area contributed by atoms with E-state index in [1.54, 1.807) is 52.3 Å². The number of ether oxygens (including phenoxy) is 4. The van der Waals surface area contributed by atoms with E-state index >= 15 is 0 Å². The molecule has 1 saturated heterocycles. The zero-order valence-electron chi connectivity index (χ0n) is 28.4. The SMILES string of the molecule is CCC1CN2CCc3cc(OC)c(OC)cc3C2CC1CC1c2cc(OC)c(OC)cc2CCN1C(=S)SCc1ccc([N+](=O)[O-])cc1. The fourth-order valence-corrected chi connectivity index (χ4v) is 9.25. The Bertz CT molecular complexity index is 1650. The summed E-state index contributed by atoms with van der Waals surface area (Å²) >= 11 is 7.80. The zero-order valence-corrected chi connectivity index (χ0v) is 30.0. The van der Waals surface area contributed by atoms with Gasteiger partial charge in [-0.3, -0.25) is 15.0 Å². The predicted octanol–water partition coefficient (Wildman–Crippen LogP) is 7.78. The number of methoxy groups -OCH3 is 4. The third-order valence-corrected chi connectivity index (χ3v) is 12.1. The Balaban J connectivity index is 1.30. The van der Waals surface area contributed by atoms with E-state index in [0.29, 0.717) is 23.6 Å². The molecule has 3 heterocycles. The number of thiocarbonyl (C=S) groups is 1. The van der Waals surface area contributed by atoms with Crippen molar-refractivity contribution in [3.05, 3.63) is 86.5 Å². The van der Waals surface area contributed by atoms with Crippen molar-refractivity contribution in [2.75, 3.05) is 48.1 Å². The van der Waals surface area contributed by atoms with Gasteiger partial charge < -0.3 is 23.8 Å². The minimum atomic E-state index is -0.367. The monoisotopic (exact) mass is 691 g/mol. The average molecular weight is 692 g/mol. The van der Waals surface area contributed by atoms with Gasteiger partial charge in [-0.2, -0.15) is 0 Å². The van der Waals surface area contributed by atoms with E-state index in [2.05, 4.69) is 41.0 Å². The third-order valence-electron chi connectivity index (χ3n) is 10.6. The van der Waals surface area contributed by atoms with E-state index in [-0.39, 0.29) is 16.7 Å². The molecular weight excluding hydrogens is 647 g/mol. The van der Waals surface area contributed by atoms with E-state index in [1.165, 1.54) is 22.3 Å². The van der Waals surface area contributed by atoms with Crippen LogP contribution in [0.1, 0.15) is 66.1 Å². The van der Waals surface area contributed by atoms with Crippen LogP contribution in [0.3, 0.4) is 0 Å². The molecular formula is C37H45N3O6S2. The Morgan fingerprint density at radius 2 is 1.46 bits per heavy atom. The van der Waals surface area contributed by atoms with Gasteiger partial charge in [0.2, 0.25) is 0 Å². The molecule has 256 valence electrons. The summed E-state index contributed by atoms with van der Waals surface area (Å²) in [5.41, 5.74) is 6.35. The molecule has 11 heteroatoms. The number of fused-ring (bicyclic) bond motifs is 4. The van der Waals surface area contributed by atoms with Gasteiger partial charge in [0, 0.05) is 43.6 Å². The van der Waals surface area contributed by atoms with Gasteiger partial charge >= 0.3 is 0 Å². The molecule has 0 spiro atoms. The lowest BCUT2D eigenvalue weighted by Crippen LogP contribution is -2.47. The predicted molar refractivity (Wildman–Crippen MR) is 194 cm³/mol. The van der Waals surface area contributed by atoms with Gasteiger partial charge in [-0.25, -0.2) is 0 Å². The van der Waals surface area contributed by atoms with Crippen molar-refractivity contribution in [2.45, 2.75) is 56.9 Å². The zero-order chi connectivity index (χ0) is 33.9. The number of nitrogens with zero attached hydrogens (tertiary/aromatic N) is 3. The Hall–Kier alpha value is -3.54. The van der Waals surface area contributed by atoms with Gasteiger partial charge in [0.15, 0.2) is 23.0 Å². The quantitative estimate of drug-likeness (QED) is 0.119. The van der Waals surface area contributed by atoms with Crippen LogP contribution < -0.4 is 18.9 Å². The van der Waals surface area contributed by atoms with Crippen LogP contribution in [0.4, 0.5) is 5.69 Å². The van der Waals surface area contributed by atoms with Gasteiger partial charge in [-0.1, -0.05) is 49.5 Å². The number of thioether (sulfide) groups is 1. The van der Waals surface area contributed by atoms with Crippen molar-refractivity contribution in [1.29, 1.82) is 0 Å². The maximum absolute atomic E-state index is 11.2. The van der Waals surface area contributed by atoms with Crippen LogP contribution in [-0.2, 0) is 18.6 Å². The van der Waals surface area contributed by atoms with Crippen molar-refractivity contribution in [3.8, 4) is 23.0 Å². The molecule has 1 fully saturated rings. The Labute approximate surface area is 293 Å². The number of non-ortho nitro benzene ring substituents is 1. The maximum Gasteiger partial charge on any atom is 0.269 e. The fraction of sp³-hybridized carbons (Fsp3) is 0.486. The highest BCUT2D eigenvalue weighted by Gasteiger charge is 2.42. The first-order valence-electron chi connectivity index (χ1n) is 16.7. The molecule has 4 unspecified atom stereocenters. The second-order valence-electron chi connectivity index (χ2n) is 12.9. The molecule has 3 aliphatic rings. The van der Waals surface area contributed by atoms with Crippen molar-refractivity contribution in [2.24, 2.45) is 11.8 Å². The van der Waals surface area contributed by atoms with E-state index < -0.39 is 0 Å². The summed E-state index contributed by atoms with van der Waals surface area (Å²) in [6.07, 6.45) is 5.04. The van der Waals surface area contributed by atoms with Gasteiger partial charge in [0.05, 0.1) is 39.4 Å². The van der Waals surface area contributed by atoms with E-state index in [0.717, 1.165) is 84.6 Å². The Morgan fingerprint density at radius 3 is 2.06 bits per heavy atom. The van der Waals surface area contributed by atoms with E-state index in [4.69, 9.17) is 31.2 Å². The maximum atomic E-state index is 11.2. The largest absolute Gasteiger partial charge is 0.493 e. The fourth-order valence-electron chi connectivity index (χ4n) is 7.98. The van der Waals surface area contributed by atoms with E-state index in [9.17, 15) is 10.1 Å². The molecule has 0 bridgehead atoms. The normalized spacial score (nSPS) is 21.8. The third kappa shape index (κ3) is 6.82. The lowest BCUT2D eigenvalue weighted by Gasteiger charge is -2.49. The summed E-state index contributed by atoms with van der Waals surface area (Å²) in [5.74, 6) is 4.76. The topological polar surface area (TPSA) is 86.5 Å². The summed E-state index contributed by atoms with van der Waals surface area (Å²) in [5, 5.41) is 11.2. The highest BCUT2D eigenvalue weighted by atomic mass is 32.2. The second-order valence-corrected chi connectivity index (χ2v) is 14.5. The smallest absolute Gasteiger partial charge is 0.269 e. The minimum absolute atomic E-state index is 0.0875. The van der Waals surface area contributed by atoms with Gasteiger partial charge in [0.1, 0.15) is 4.32 Å². The molecule has 0 radical (unpaired) electrons. The van der Waals surface area contributed by atoms with Gasteiger partial charge in [-0.15, -0.1) is 0 Å². The van der Waals surface area contributed by atoms with Gasteiger partial charge in [0.25, 0.3) is 5.69 Å². The molecule has 0 saturated carbocycles. The van der Waals surface area contributed by atoms with Crippen molar-refractivity contribution in [1.82, 2.24) is 9.80 Å². The first-order chi connectivity index (χ1) is 23.3. The molecule has 6 rings (SSSR count). The van der Waals surface area contributed by atoms with Crippen molar-refractivity contribution in [3.63, 3.8) is 0 Å². The minimum Gasteiger partial charge on any atom is -0.493 e. The highest BCUT2D eigenvalue weighted by Crippen LogP contribution is 2.49. The summed E-state index contributed by atoms with van der Waals surface area (Å²) in [7, 11) is 6.79. The molecule has 0 N–H and O–H groups in total. The number of hydrogen-bond donors (Lipinski definition) is 0. The first kappa shape index (κ1) is 34.3. The van der Waals surface area contributed by atoms with Crippen LogP contribution >= 0.6 is 24.0 Å². The first-order valence-corrected chi connectivity index (χ1v) is 18.1. The standard InChI is InChI=1S/C37H45N3O6S2/c1-6-24-21-38-13-11-25-17-33(43-2)35(45-4)19-29(25)31(38)15-27(24)16-32-30-20-36(46-5)34(44-3)18-26(30)12-14-39(32)37(47)48-22-23-7-9-28(10-8-23)40(41)42/h7-10,17-20,24,27,31-32H,6,11-16,21-22H2,1-5H3. The number of nitro benzene ring substituents is 1. The van der Waals surface area contributed by atoms with Crippen LogP contribution in [0.15, 0.2) is 48.5 Å². The molecule has 0 aliphatic carbocycles. The summed E-state index contributed by atoms with van der Waals surface area (Å²) in [6.45, 7) is 5.27. The Morgan fingerprint density at radius 1 is 0.875 bits per heavy atom. The average Bonchev–Trinajstić information content (AvgIpc) is 3.12. The number of hydrogen-bond acceptors (Lipinski definition) is 9.